The van der Waals surface area contributed by atoms with Crippen molar-refractivity contribution in [3.8, 4) is 0 Å². The highest BCUT2D eigenvalue weighted by molar-refractivity contribution is 7.98. The van der Waals surface area contributed by atoms with E-state index in [2.05, 4.69) is 19.9 Å². The second-order valence-electron chi connectivity index (χ2n) is 5.99. The molecule has 27 heavy (non-hydrogen) atoms. The summed E-state index contributed by atoms with van der Waals surface area (Å²) in [5, 5.41) is 5.56. The lowest BCUT2D eigenvalue weighted by Gasteiger charge is -2.04. The maximum atomic E-state index is 12.2. The van der Waals surface area contributed by atoms with Crippen molar-refractivity contribution in [3.63, 3.8) is 0 Å². The number of amides is 1. The minimum atomic E-state index is -0.104. The molecule has 0 atom stereocenters. The van der Waals surface area contributed by atoms with Gasteiger partial charge in [0.25, 0.3) is 5.91 Å². The minimum Gasteiger partial charge on any atom is -0.330 e. The molecule has 136 valence electrons. The minimum absolute atomic E-state index is 0.104. The van der Waals surface area contributed by atoms with E-state index in [1.807, 2.05) is 55.7 Å². The number of hydrogen-bond donors (Lipinski definition) is 1. The first kappa shape index (κ1) is 17.7. The third kappa shape index (κ3) is 3.86. The van der Waals surface area contributed by atoms with Gasteiger partial charge in [0.05, 0.1) is 21.7 Å². The third-order valence-electron chi connectivity index (χ3n) is 4.08. The van der Waals surface area contributed by atoms with Crippen LogP contribution in [-0.2, 0) is 12.8 Å². The van der Waals surface area contributed by atoms with Crippen LogP contribution in [0, 0.1) is 6.92 Å². The SMILES string of the molecule is Cc1ccnc(SCc2nc3cc(NC(=O)c4cccs4)ccc3n2C)n1. The number of hydrogen-bond acceptors (Lipinski definition) is 6. The summed E-state index contributed by atoms with van der Waals surface area (Å²) in [6.45, 7) is 1.95. The Kier molecular flexibility index (Phi) is 4.91. The Morgan fingerprint density at radius 2 is 2.15 bits per heavy atom. The average molecular weight is 396 g/mol. The summed E-state index contributed by atoms with van der Waals surface area (Å²) in [5.41, 5.74) is 3.55. The van der Waals surface area contributed by atoms with E-state index in [1.165, 1.54) is 11.3 Å². The smallest absolute Gasteiger partial charge is 0.265 e. The van der Waals surface area contributed by atoms with E-state index < -0.39 is 0 Å². The molecule has 0 aliphatic heterocycles. The molecule has 0 bridgehead atoms. The summed E-state index contributed by atoms with van der Waals surface area (Å²) < 4.78 is 2.06. The highest BCUT2D eigenvalue weighted by Gasteiger charge is 2.12. The zero-order valence-electron chi connectivity index (χ0n) is 14.8. The number of nitrogens with zero attached hydrogens (tertiary/aromatic N) is 4. The lowest BCUT2D eigenvalue weighted by molar-refractivity contribution is 0.103. The number of carbonyl (C=O) groups excluding carboxylic acids is 1. The largest absolute Gasteiger partial charge is 0.330 e. The molecule has 0 radical (unpaired) electrons. The first-order valence-electron chi connectivity index (χ1n) is 8.33. The molecular formula is C19H17N5OS2. The predicted molar refractivity (Wildman–Crippen MR) is 109 cm³/mol. The molecule has 4 rings (SSSR count). The van der Waals surface area contributed by atoms with Crippen molar-refractivity contribution in [3.05, 3.63) is 64.4 Å². The van der Waals surface area contributed by atoms with E-state index in [0.717, 1.165) is 33.4 Å². The van der Waals surface area contributed by atoms with Crippen molar-refractivity contribution in [2.75, 3.05) is 5.32 Å². The van der Waals surface area contributed by atoms with Crippen LogP contribution in [0.4, 0.5) is 5.69 Å². The second-order valence-corrected chi connectivity index (χ2v) is 7.88. The number of fused-ring (bicyclic) bond motifs is 1. The Morgan fingerprint density at radius 1 is 1.26 bits per heavy atom. The number of imidazole rings is 1. The molecule has 0 fully saturated rings. The Hall–Kier alpha value is -2.71. The van der Waals surface area contributed by atoms with Crippen molar-refractivity contribution < 1.29 is 4.79 Å². The maximum Gasteiger partial charge on any atom is 0.265 e. The molecule has 0 saturated carbocycles. The summed E-state index contributed by atoms with van der Waals surface area (Å²) >= 11 is 2.98. The zero-order valence-corrected chi connectivity index (χ0v) is 16.5. The highest BCUT2D eigenvalue weighted by Crippen LogP contribution is 2.24. The van der Waals surface area contributed by atoms with Crippen LogP contribution in [0.3, 0.4) is 0 Å². The number of benzene rings is 1. The van der Waals surface area contributed by atoms with Gasteiger partial charge in [-0.05, 0) is 42.6 Å². The molecule has 0 unspecified atom stereocenters. The van der Waals surface area contributed by atoms with Gasteiger partial charge in [0.1, 0.15) is 5.82 Å². The van der Waals surface area contributed by atoms with Gasteiger partial charge in [-0.3, -0.25) is 4.79 Å². The Morgan fingerprint density at radius 3 is 2.93 bits per heavy atom. The number of aryl methyl sites for hydroxylation is 2. The van der Waals surface area contributed by atoms with E-state index >= 15 is 0 Å². The lowest BCUT2D eigenvalue weighted by atomic mass is 10.2. The van der Waals surface area contributed by atoms with Gasteiger partial charge in [0.15, 0.2) is 5.16 Å². The number of anilines is 1. The van der Waals surface area contributed by atoms with Crippen LogP contribution in [0.25, 0.3) is 11.0 Å². The fraction of sp³-hybridized carbons (Fsp3) is 0.158. The van der Waals surface area contributed by atoms with Crippen molar-refractivity contribution in [1.29, 1.82) is 0 Å². The summed E-state index contributed by atoms with van der Waals surface area (Å²) in [6, 6.07) is 11.3. The van der Waals surface area contributed by atoms with E-state index in [9.17, 15) is 4.79 Å². The normalized spacial score (nSPS) is 11.0. The van der Waals surface area contributed by atoms with E-state index in [4.69, 9.17) is 4.98 Å². The van der Waals surface area contributed by atoms with Crippen molar-refractivity contribution in [2.45, 2.75) is 17.8 Å². The second kappa shape index (κ2) is 7.50. The first-order chi connectivity index (χ1) is 13.1. The van der Waals surface area contributed by atoms with Crippen LogP contribution in [-0.4, -0.2) is 25.4 Å². The third-order valence-corrected chi connectivity index (χ3v) is 5.81. The summed E-state index contributed by atoms with van der Waals surface area (Å²) in [5.74, 6) is 1.50. The molecule has 0 aliphatic carbocycles. The van der Waals surface area contributed by atoms with Crippen LogP contribution in [0.1, 0.15) is 21.2 Å². The fourth-order valence-corrected chi connectivity index (χ4v) is 4.16. The number of rotatable bonds is 5. The number of nitrogens with one attached hydrogen (secondary N) is 1. The summed E-state index contributed by atoms with van der Waals surface area (Å²) in [7, 11) is 1.99. The number of thioether (sulfide) groups is 1. The van der Waals surface area contributed by atoms with Crippen LogP contribution < -0.4 is 5.32 Å². The van der Waals surface area contributed by atoms with Gasteiger partial charge in [-0.15, -0.1) is 11.3 Å². The van der Waals surface area contributed by atoms with Crippen LogP contribution >= 0.6 is 23.1 Å². The van der Waals surface area contributed by atoms with Gasteiger partial charge < -0.3 is 9.88 Å². The zero-order chi connectivity index (χ0) is 18.8. The quantitative estimate of drug-likeness (QED) is 0.403. The van der Waals surface area contributed by atoms with E-state index in [0.29, 0.717) is 10.6 Å². The van der Waals surface area contributed by atoms with Crippen LogP contribution in [0.2, 0.25) is 0 Å². The van der Waals surface area contributed by atoms with Crippen LogP contribution in [0.5, 0.6) is 0 Å². The molecule has 4 aromatic rings. The van der Waals surface area contributed by atoms with E-state index in [1.54, 1.807) is 18.0 Å². The fourth-order valence-electron chi connectivity index (χ4n) is 2.68. The molecule has 3 aromatic heterocycles. The molecule has 0 saturated heterocycles. The highest BCUT2D eigenvalue weighted by atomic mass is 32.2. The summed E-state index contributed by atoms with van der Waals surface area (Å²) in [4.78, 5) is 26.3. The molecule has 0 spiro atoms. The molecule has 6 nitrogen and oxygen atoms in total. The van der Waals surface area contributed by atoms with Gasteiger partial charge in [0.2, 0.25) is 0 Å². The summed E-state index contributed by atoms with van der Waals surface area (Å²) in [6.07, 6.45) is 1.77. The maximum absolute atomic E-state index is 12.2. The standard InChI is InChI=1S/C19H17N5OS2/c1-12-7-8-20-19(21-12)27-11-17-23-14-10-13(5-6-15(14)24(17)2)22-18(25)16-4-3-9-26-16/h3-10H,11H2,1-2H3,(H,22,25). The molecule has 1 N–H and O–H groups in total. The number of carbonyl (C=O) groups is 1. The predicted octanol–water partition coefficient (Wildman–Crippen LogP) is 4.28. The average Bonchev–Trinajstić information content (AvgIpc) is 3.29. The number of aromatic nitrogens is 4. The van der Waals surface area contributed by atoms with Gasteiger partial charge in [-0.25, -0.2) is 15.0 Å². The Bertz CT molecular complexity index is 1100. The monoisotopic (exact) mass is 395 g/mol. The number of thiophene rings is 1. The molecule has 3 heterocycles. The van der Waals surface area contributed by atoms with Crippen molar-refractivity contribution in [1.82, 2.24) is 19.5 Å². The molecule has 1 amide bonds. The topological polar surface area (TPSA) is 72.7 Å². The first-order valence-corrected chi connectivity index (χ1v) is 10.2. The molecule has 8 heteroatoms. The van der Waals surface area contributed by atoms with Crippen molar-refractivity contribution >= 4 is 45.7 Å². The van der Waals surface area contributed by atoms with Crippen molar-refractivity contribution in [2.24, 2.45) is 7.05 Å². The van der Waals surface area contributed by atoms with Crippen LogP contribution in [0.15, 0.2) is 53.1 Å². The van der Waals surface area contributed by atoms with Gasteiger partial charge >= 0.3 is 0 Å². The molecular weight excluding hydrogens is 378 g/mol. The Balaban J connectivity index is 1.53. The lowest BCUT2D eigenvalue weighted by Crippen LogP contribution is -2.09. The molecule has 1 aromatic carbocycles. The van der Waals surface area contributed by atoms with Gasteiger partial charge in [0, 0.05) is 24.6 Å². The van der Waals surface area contributed by atoms with Gasteiger partial charge in [-0.2, -0.15) is 0 Å². The van der Waals surface area contributed by atoms with Gasteiger partial charge in [-0.1, -0.05) is 17.8 Å². The Labute approximate surface area is 164 Å². The molecule has 0 aliphatic rings. The van der Waals surface area contributed by atoms with E-state index in [-0.39, 0.29) is 5.91 Å².